The molecule has 1 N–H and O–H groups in total. The molecule has 1 aromatic rings. The molecule has 1 nitrogen and oxygen atoms in total. The molecule has 1 aromatic carbocycles. The zero-order valence-corrected chi connectivity index (χ0v) is 13.3. The summed E-state index contributed by atoms with van der Waals surface area (Å²) in [6.45, 7) is 6.75. The highest BCUT2D eigenvalue weighted by molar-refractivity contribution is 14.1. The van der Waals surface area contributed by atoms with Gasteiger partial charge in [0.2, 0.25) is 0 Å². The van der Waals surface area contributed by atoms with Crippen LogP contribution in [0.25, 0.3) is 0 Å². The molecule has 0 amide bonds. The van der Waals surface area contributed by atoms with Crippen LogP contribution < -0.4 is 5.32 Å². The van der Waals surface area contributed by atoms with Crippen molar-refractivity contribution in [3.8, 4) is 0 Å². The second-order valence-corrected chi connectivity index (χ2v) is 6.85. The summed E-state index contributed by atoms with van der Waals surface area (Å²) in [7, 11) is 2.02. The molecule has 0 fully saturated rings. The van der Waals surface area contributed by atoms with Gasteiger partial charge in [0.25, 0.3) is 0 Å². The lowest BCUT2D eigenvalue weighted by molar-refractivity contribution is 0.286. The Kier molecular flexibility index (Phi) is 4.62. The summed E-state index contributed by atoms with van der Waals surface area (Å²) in [5, 5.41) is 3.39. The lowest BCUT2D eigenvalue weighted by Gasteiger charge is -2.31. The molecule has 1 rings (SSSR count). The minimum absolute atomic E-state index is 0.210. The standard InChI is InChI=1S/C12H17BrIN/c1-12(2,3)11(15-4)9-7-8(14)5-6-10(9)13/h5-7,11,15H,1-4H3. The zero-order valence-electron chi connectivity index (χ0n) is 9.57. The Bertz CT molecular complexity index is 344. The van der Waals surface area contributed by atoms with E-state index >= 15 is 0 Å². The largest absolute Gasteiger partial charge is 0.313 e. The van der Waals surface area contributed by atoms with Crippen LogP contribution in [0.1, 0.15) is 32.4 Å². The van der Waals surface area contributed by atoms with Gasteiger partial charge in [-0.2, -0.15) is 0 Å². The summed E-state index contributed by atoms with van der Waals surface area (Å²) in [6.07, 6.45) is 0. The Morgan fingerprint density at radius 2 is 1.93 bits per heavy atom. The molecule has 0 saturated carbocycles. The molecule has 0 radical (unpaired) electrons. The minimum atomic E-state index is 0.210. The van der Waals surface area contributed by atoms with E-state index in [0.717, 1.165) is 0 Å². The van der Waals surface area contributed by atoms with E-state index in [1.165, 1.54) is 13.6 Å². The van der Waals surface area contributed by atoms with Gasteiger partial charge in [-0.3, -0.25) is 0 Å². The minimum Gasteiger partial charge on any atom is -0.313 e. The normalized spacial score (nSPS) is 14.0. The van der Waals surface area contributed by atoms with E-state index in [9.17, 15) is 0 Å². The Morgan fingerprint density at radius 3 is 2.40 bits per heavy atom. The van der Waals surface area contributed by atoms with Crippen molar-refractivity contribution in [1.29, 1.82) is 0 Å². The lowest BCUT2D eigenvalue weighted by atomic mass is 9.82. The fraction of sp³-hybridized carbons (Fsp3) is 0.500. The second kappa shape index (κ2) is 5.15. The van der Waals surface area contributed by atoms with E-state index in [1.54, 1.807) is 0 Å². The van der Waals surface area contributed by atoms with Crippen LogP contribution in [0.15, 0.2) is 22.7 Å². The lowest BCUT2D eigenvalue weighted by Crippen LogP contribution is -2.30. The van der Waals surface area contributed by atoms with Gasteiger partial charge in [0.05, 0.1) is 0 Å². The zero-order chi connectivity index (χ0) is 11.6. The van der Waals surface area contributed by atoms with Crippen LogP contribution >= 0.6 is 38.5 Å². The third-order valence-corrected chi connectivity index (χ3v) is 3.82. The van der Waals surface area contributed by atoms with Crippen molar-refractivity contribution < 1.29 is 0 Å². The maximum absolute atomic E-state index is 3.62. The van der Waals surface area contributed by atoms with Gasteiger partial charge in [-0.05, 0) is 58.8 Å². The SMILES string of the molecule is CNC(c1cc(I)ccc1Br)C(C)(C)C. The van der Waals surface area contributed by atoms with E-state index in [2.05, 4.69) is 82.8 Å². The smallest absolute Gasteiger partial charge is 0.0378 e. The van der Waals surface area contributed by atoms with Crippen LogP contribution in [-0.2, 0) is 0 Å². The molecule has 84 valence electrons. The van der Waals surface area contributed by atoms with Crippen LogP contribution in [0.4, 0.5) is 0 Å². The molecule has 0 aliphatic carbocycles. The van der Waals surface area contributed by atoms with Crippen LogP contribution in [-0.4, -0.2) is 7.05 Å². The molecule has 0 saturated heterocycles. The first-order chi connectivity index (χ1) is 6.86. The van der Waals surface area contributed by atoms with E-state index in [4.69, 9.17) is 0 Å². The Balaban J connectivity index is 3.18. The van der Waals surface area contributed by atoms with E-state index in [-0.39, 0.29) is 5.41 Å². The van der Waals surface area contributed by atoms with Crippen molar-refractivity contribution in [2.75, 3.05) is 7.05 Å². The van der Waals surface area contributed by atoms with Gasteiger partial charge in [0.15, 0.2) is 0 Å². The first-order valence-corrected chi connectivity index (χ1v) is 6.85. The third-order valence-electron chi connectivity index (χ3n) is 2.42. The average Bonchev–Trinajstić information content (AvgIpc) is 2.10. The molecule has 3 heteroatoms. The molecule has 0 aliphatic heterocycles. The van der Waals surface area contributed by atoms with Gasteiger partial charge in [-0.1, -0.05) is 36.7 Å². The van der Waals surface area contributed by atoms with E-state index in [1.807, 2.05) is 7.05 Å². The van der Waals surface area contributed by atoms with Crippen molar-refractivity contribution in [3.05, 3.63) is 31.8 Å². The van der Waals surface area contributed by atoms with Crippen LogP contribution in [0.5, 0.6) is 0 Å². The van der Waals surface area contributed by atoms with Crippen molar-refractivity contribution in [2.45, 2.75) is 26.8 Å². The number of halogens is 2. The van der Waals surface area contributed by atoms with Crippen molar-refractivity contribution in [3.63, 3.8) is 0 Å². The van der Waals surface area contributed by atoms with Gasteiger partial charge in [0, 0.05) is 14.1 Å². The Labute approximate surface area is 114 Å². The molecular formula is C12H17BrIN. The molecule has 0 spiro atoms. The van der Waals surface area contributed by atoms with Crippen molar-refractivity contribution >= 4 is 38.5 Å². The quantitative estimate of drug-likeness (QED) is 0.750. The monoisotopic (exact) mass is 381 g/mol. The maximum Gasteiger partial charge on any atom is 0.0378 e. The predicted octanol–water partition coefficient (Wildman–Crippen LogP) is 4.36. The highest BCUT2D eigenvalue weighted by Crippen LogP contribution is 2.36. The highest BCUT2D eigenvalue weighted by Gasteiger charge is 2.26. The summed E-state index contributed by atoms with van der Waals surface area (Å²) >= 11 is 5.97. The van der Waals surface area contributed by atoms with E-state index < -0.39 is 0 Å². The molecule has 0 heterocycles. The van der Waals surface area contributed by atoms with Crippen molar-refractivity contribution in [1.82, 2.24) is 5.32 Å². The fourth-order valence-electron chi connectivity index (χ4n) is 1.79. The van der Waals surface area contributed by atoms with Crippen LogP contribution in [0.2, 0.25) is 0 Å². The van der Waals surface area contributed by atoms with Gasteiger partial charge in [-0.15, -0.1) is 0 Å². The number of hydrogen-bond acceptors (Lipinski definition) is 1. The summed E-state index contributed by atoms with van der Waals surface area (Å²) in [6, 6.07) is 6.83. The van der Waals surface area contributed by atoms with Gasteiger partial charge < -0.3 is 5.32 Å². The molecule has 15 heavy (non-hydrogen) atoms. The van der Waals surface area contributed by atoms with Gasteiger partial charge >= 0.3 is 0 Å². The maximum atomic E-state index is 3.62. The number of nitrogens with one attached hydrogen (secondary N) is 1. The molecule has 0 aromatic heterocycles. The molecule has 1 unspecified atom stereocenters. The van der Waals surface area contributed by atoms with Crippen LogP contribution in [0.3, 0.4) is 0 Å². The Morgan fingerprint density at radius 1 is 1.33 bits per heavy atom. The number of benzene rings is 1. The summed E-state index contributed by atoms with van der Waals surface area (Å²) < 4.78 is 2.45. The Hall–Kier alpha value is 0.390. The molecule has 0 bridgehead atoms. The summed E-state index contributed by atoms with van der Waals surface area (Å²) in [5.41, 5.74) is 1.54. The first-order valence-electron chi connectivity index (χ1n) is 4.98. The van der Waals surface area contributed by atoms with Crippen LogP contribution in [0, 0.1) is 8.99 Å². The molecular weight excluding hydrogens is 365 g/mol. The van der Waals surface area contributed by atoms with Gasteiger partial charge in [-0.25, -0.2) is 0 Å². The first kappa shape index (κ1) is 13.5. The summed E-state index contributed by atoms with van der Waals surface area (Å²) in [4.78, 5) is 0. The molecule has 0 aliphatic rings. The van der Waals surface area contributed by atoms with E-state index in [0.29, 0.717) is 6.04 Å². The van der Waals surface area contributed by atoms with Gasteiger partial charge in [0.1, 0.15) is 0 Å². The fourth-order valence-corrected chi connectivity index (χ4v) is 2.78. The molecule has 1 atom stereocenters. The summed E-state index contributed by atoms with van der Waals surface area (Å²) in [5.74, 6) is 0. The predicted molar refractivity (Wildman–Crippen MR) is 78.1 cm³/mol. The average molecular weight is 382 g/mol. The topological polar surface area (TPSA) is 12.0 Å². The second-order valence-electron chi connectivity index (χ2n) is 4.75. The highest BCUT2D eigenvalue weighted by atomic mass is 127. The number of rotatable bonds is 2. The number of hydrogen-bond donors (Lipinski definition) is 1. The van der Waals surface area contributed by atoms with Crippen molar-refractivity contribution in [2.24, 2.45) is 5.41 Å². The third kappa shape index (κ3) is 3.43.